The number of H-pyrrole nitrogens is 1. The number of phosphoric acid groups is 1. The molecular formula is C20H22F2N11O10PS. The molecule has 242 valence electrons. The Morgan fingerprint density at radius 1 is 0.978 bits per heavy atom. The first kappa shape index (κ1) is 29.9. The summed E-state index contributed by atoms with van der Waals surface area (Å²) in [6, 6.07) is 0. The number of hydrogen-bond donors (Lipinski definition) is 5. The number of halogens is 2. The average molecular weight is 678 g/mol. The standard InChI is InChI=1S/C20H22F2N11O10PS/c21-8-12-6(40-18(8)33-5-28-11-16(33)30-20(24)31-17(11)34)1-29-45(37,38)43-13-7(2-39-44(35,36)42-12)41-19(9(13)22)32-4-27-10-14(23)25-3-26-15(10)32/h3-9,12-13,18-19,29H,1-2H2,(H,35,36)(H2,23,25,26)(H3,24,30,31,34)/t6-,7-,8-,9-,12-,13-,18-,19-/m1/s1. The number of aromatic nitrogens is 8. The summed E-state index contributed by atoms with van der Waals surface area (Å²) in [6.07, 6.45) is -11.6. The zero-order valence-electron chi connectivity index (χ0n) is 22.3. The van der Waals surface area contributed by atoms with E-state index in [9.17, 15) is 22.7 Å². The highest BCUT2D eigenvalue weighted by Gasteiger charge is 2.54. The van der Waals surface area contributed by atoms with Crippen LogP contribution in [0.3, 0.4) is 0 Å². The summed E-state index contributed by atoms with van der Waals surface area (Å²) < 4.78 is 101. The maximum atomic E-state index is 15.9. The zero-order valence-corrected chi connectivity index (χ0v) is 24.0. The fourth-order valence-corrected chi connectivity index (χ4v) is 7.19. The van der Waals surface area contributed by atoms with Crippen molar-refractivity contribution in [2.75, 3.05) is 24.6 Å². The summed E-state index contributed by atoms with van der Waals surface area (Å²) in [5.41, 5.74) is 10.4. The SMILES string of the molecule is Nc1nc2c(ncn2[C@@H]2O[C@@H]3CNS(=O)(=O)O[C@H]4[C@@H](F)[C@H](n5cnc6c(N)ncnc65)O[C@@H]4COP(=O)(O)O[C@H]3[C@H]2F)c(=O)[nH]1. The highest BCUT2D eigenvalue weighted by atomic mass is 32.2. The highest BCUT2D eigenvalue weighted by molar-refractivity contribution is 7.84. The first-order chi connectivity index (χ1) is 21.3. The van der Waals surface area contributed by atoms with Crippen LogP contribution in [0.1, 0.15) is 12.5 Å². The molecule has 7 rings (SSSR count). The fourth-order valence-electron chi connectivity index (χ4n) is 5.28. The van der Waals surface area contributed by atoms with E-state index in [4.69, 9.17) is 34.2 Å². The molecule has 45 heavy (non-hydrogen) atoms. The van der Waals surface area contributed by atoms with E-state index in [0.717, 1.165) is 28.1 Å². The molecule has 7 heterocycles. The number of aromatic amines is 1. The Morgan fingerprint density at radius 3 is 2.40 bits per heavy atom. The van der Waals surface area contributed by atoms with Gasteiger partial charge in [0.05, 0.1) is 19.3 Å². The number of nitrogens with zero attached hydrogens (tertiary/aromatic N) is 7. The predicted octanol–water partition coefficient (Wildman–Crippen LogP) is -1.67. The van der Waals surface area contributed by atoms with E-state index in [0.29, 0.717) is 0 Å². The molecule has 3 saturated heterocycles. The zero-order chi connectivity index (χ0) is 31.8. The second kappa shape index (κ2) is 10.7. The van der Waals surface area contributed by atoms with Crippen molar-refractivity contribution in [2.24, 2.45) is 0 Å². The lowest BCUT2D eigenvalue weighted by molar-refractivity contribution is -0.0496. The van der Waals surface area contributed by atoms with Gasteiger partial charge in [-0.2, -0.15) is 18.1 Å². The topological polar surface area (TPSA) is 289 Å². The maximum Gasteiger partial charge on any atom is 0.472 e. The van der Waals surface area contributed by atoms with E-state index >= 15 is 8.78 Å². The van der Waals surface area contributed by atoms with Gasteiger partial charge in [0.15, 0.2) is 47.4 Å². The summed E-state index contributed by atoms with van der Waals surface area (Å²) >= 11 is 0. The summed E-state index contributed by atoms with van der Waals surface area (Å²) in [4.78, 5) is 44.5. The van der Waals surface area contributed by atoms with Crippen LogP contribution in [-0.4, -0.2) is 102 Å². The van der Waals surface area contributed by atoms with E-state index in [1.807, 2.05) is 4.72 Å². The minimum absolute atomic E-state index is 0.0140. The lowest BCUT2D eigenvalue weighted by Gasteiger charge is -2.26. The minimum atomic E-state index is -5.17. The average Bonchev–Trinajstić information content (AvgIpc) is 3.72. The molecule has 4 aromatic rings. The van der Waals surface area contributed by atoms with E-state index in [-0.39, 0.29) is 34.1 Å². The molecule has 0 radical (unpaired) electrons. The van der Waals surface area contributed by atoms with Crippen molar-refractivity contribution in [3.05, 3.63) is 29.3 Å². The maximum absolute atomic E-state index is 15.9. The molecule has 3 aliphatic rings. The van der Waals surface area contributed by atoms with Gasteiger partial charge in [-0.25, -0.2) is 37.5 Å². The van der Waals surface area contributed by atoms with E-state index in [1.165, 1.54) is 0 Å². The molecule has 4 aromatic heterocycles. The third-order valence-corrected chi connectivity index (χ3v) is 9.26. The van der Waals surface area contributed by atoms with Crippen LogP contribution in [0.25, 0.3) is 22.3 Å². The Labute approximate surface area is 248 Å². The quantitative estimate of drug-likeness (QED) is 0.148. The van der Waals surface area contributed by atoms with Crippen molar-refractivity contribution in [2.45, 2.75) is 49.2 Å². The molecule has 0 aromatic carbocycles. The van der Waals surface area contributed by atoms with Crippen LogP contribution in [0.5, 0.6) is 0 Å². The number of imidazole rings is 2. The molecule has 0 bridgehead atoms. The molecule has 21 nitrogen and oxygen atoms in total. The summed E-state index contributed by atoms with van der Waals surface area (Å²) in [6.45, 7) is -1.72. The van der Waals surface area contributed by atoms with Gasteiger partial charge in [0.1, 0.15) is 36.3 Å². The number of phosphoric ester groups is 1. The van der Waals surface area contributed by atoms with Gasteiger partial charge >= 0.3 is 18.1 Å². The van der Waals surface area contributed by atoms with E-state index < -0.39 is 86.1 Å². The number of alkyl halides is 2. The molecule has 1 unspecified atom stereocenters. The molecule has 9 atom stereocenters. The van der Waals surface area contributed by atoms with Crippen LogP contribution in [-0.2, 0) is 37.6 Å². The van der Waals surface area contributed by atoms with Gasteiger partial charge in [-0.1, -0.05) is 0 Å². The molecule has 3 aliphatic heterocycles. The van der Waals surface area contributed by atoms with E-state index in [2.05, 4.69) is 29.9 Å². The van der Waals surface area contributed by atoms with Crippen LogP contribution >= 0.6 is 7.82 Å². The smallest absolute Gasteiger partial charge is 0.382 e. The predicted molar refractivity (Wildman–Crippen MR) is 142 cm³/mol. The molecule has 0 saturated carbocycles. The number of nitrogens with one attached hydrogen (secondary N) is 2. The molecular weight excluding hydrogens is 655 g/mol. The third-order valence-electron chi connectivity index (χ3n) is 7.28. The highest BCUT2D eigenvalue weighted by Crippen LogP contribution is 2.50. The number of fused-ring (bicyclic) bond motifs is 4. The normalized spacial score (nSPS) is 35.5. The fraction of sp³-hybridized carbons (Fsp3) is 0.500. The summed E-state index contributed by atoms with van der Waals surface area (Å²) in [5, 5.41) is 0. The van der Waals surface area contributed by atoms with Gasteiger partial charge in [0.2, 0.25) is 5.95 Å². The van der Waals surface area contributed by atoms with E-state index in [1.54, 1.807) is 0 Å². The van der Waals surface area contributed by atoms with Gasteiger partial charge in [-0.05, 0) is 0 Å². The Morgan fingerprint density at radius 2 is 1.64 bits per heavy atom. The lowest BCUT2D eigenvalue weighted by atomic mass is 10.1. The largest absolute Gasteiger partial charge is 0.472 e. The number of anilines is 2. The number of ether oxygens (including phenoxy) is 2. The summed E-state index contributed by atoms with van der Waals surface area (Å²) in [5.74, 6) is -0.330. The van der Waals surface area contributed by atoms with Gasteiger partial charge < -0.3 is 25.8 Å². The van der Waals surface area contributed by atoms with Gasteiger partial charge in [0, 0.05) is 6.54 Å². The molecule has 0 aliphatic carbocycles. The van der Waals surface area contributed by atoms with Gasteiger partial charge in [0.25, 0.3) is 5.56 Å². The van der Waals surface area contributed by atoms with Crippen LogP contribution in [0.15, 0.2) is 23.8 Å². The van der Waals surface area contributed by atoms with Crippen molar-refractivity contribution < 1.29 is 49.4 Å². The molecule has 0 amide bonds. The second-order valence-electron chi connectivity index (χ2n) is 10.1. The molecule has 3 fully saturated rings. The Kier molecular flexibility index (Phi) is 7.10. The van der Waals surface area contributed by atoms with Crippen molar-refractivity contribution in [1.82, 2.24) is 43.8 Å². The van der Waals surface area contributed by atoms with Crippen molar-refractivity contribution in [3.8, 4) is 0 Å². The number of nitrogens with two attached hydrogens (primary N) is 2. The monoisotopic (exact) mass is 677 g/mol. The number of nitrogen functional groups attached to an aromatic ring is 2. The molecule has 7 N–H and O–H groups in total. The Balaban J connectivity index is 1.17. The second-order valence-corrected chi connectivity index (χ2v) is 12.9. The van der Waals surface area contributed by atoms with Crippen molar-refractivity contribution in [3.63, 3.8) is 0 Å². The summed E-state index contributed by atoms with van der Waals surface area (Å²) in [7, 11) is -9.99. The Bertz CT molecular complexity index is 2010. The van der Waals surface area contributed by atoms with Gasteiger partial charge in [-0.15, -0.1) is 0 Å². The third kappa shape index (κ3) is 5.22. The van der Waals surface area contributed by atoms with Crippen LogP contribution in [0.2, 0.25) is 0 Å². The van der Waals surface area contributed by atoms with Crippen molar-refractivity contribution >= 4 is 52.2 Å². The Hall–Kier alpha value is -3.74. The van der Waals surface area contributed by atoms with Crippen molar-refractivity contribution in [1.29, 1.82) is 0 Å². The first-order valence-electron chi connectivity index (χ1n) is 12.9. The lowest BCUT2D eigenvalue weighted by Crippen LogP contribution is -2.45. The minimum Gasteiger partial charge on any atom is -0.382 e. The number of rotatable bonds is 2. The van der Waals surface area contributed by atoms with Crippen LogP contribution < -0.4 is 21.7 Å². The van der Waals surface area contributed by atoms with Crippen LogP contribution in [0.4, 0.5) is 20.5 Å². The van der Waals surface area contributed by atoms with Gasteiger partial charge in [-0.3, -0.25) is 28.0 Å². The molecule has 0 spiro atoms. The number of hydrogen-bond acceptors (Lipinski definition) is 16. The molecule has 25 heteroatoms. The van der Waals surface area contributed by atoms with Crippen LogP contribution in [0, 0.1) is 0 Å². The first-order valence-corrected chi connectivity index (χ1v) is 15.8.